The highest BCUT2D eigenvalue weighted by atomic mass is 16.2. The molecular weight excluding hydrogens is 977 g/mol. The average molecular weight is 1030 g/mol. The molecule has 8 amide bonds. The van der Waals surface area contributed by atoms with Crippen LogP contribution in [-0.2, 0) is 0 Å². The summed E-state index contributed by atoms with van der Waals surface area (Å²) in [6.45, 7) is 9.44. The smallest absolute Gasteiger partial charge is 0.261 e. The summed E-state index contributed by atoms with van der Waals surface area (Å²) in [4.78, 5) is 112. The Labute approximate surface area is 449 Å². The number of fused-ring (bicyclic) bond motifs is 4. The topological polar surface area (TPSA) is 150 Å². The van der Waals surface area contributed by atoms with Crippen molar-refractivity contribution < 1.29 is 38.4 Å². The van der Waals surface area contributed by atoms with Crippen LogP contribution >= 0.6 is 0 Å². The van der Waals surface area contributed by atoms with E-state index >= 15 is 0 Å². The SMILES string of the molecule is CCCCC(CC)CN1C(=O)c2ccc3c4ccc5c6c(ccc(c7ccc(c2c37)C1=O)c64)C(=O)N(CC(CC)CCCC)C5=O.CN1C(=O)c2ccc3c4ccc5c6c(ccc(c7ccc(c2c37)C1=O)c64)C(=O)N(C)C5=O. The zero-order valence-corrected chi connectivity index (χ0v) is 44.5. The highest BCUT2D eigenvalue weighted by Gasteiger charge is 2.39. The van der Waals surface area contributed by atoms with E-state index in [-0.39, 0.29) is 59.1 Å². The number of carbonyl (C=O) groups is 8. The fraction of sp³-hybridized carbons (Fsp3) is 0.273. The van der Waals surface area contributed by atoms with Crippen molar-refractivity contribution in [1.29, 1.82) is 0 Å². The van der Waals surface area contributed by atoms with E-state index in [1.165, 1.54) is 23.9 Å². The molecule has 12 nitrogen and oxygen atoms in total. The van der Waals surface area contributed by atoms with Crippen molar-refractivity contribution >= 4 is 133 Å². The molecule has 0 saturated heterocycles. The Morgan fingerprint density at radius 2 is 0.500 bits per heavy atom. The van der Waals surface area contributed by atoms with Gasteiger partial charge in [-0.1, -0.05) is 115 Å². The predicted octanol–water partition coefficient (Wildman–Crippen LogP) is 13.6. The monoisotopic (exact) mass is 1030 g/mol. The van der Waals surface area contributed by atoms with E-state index in [4.69, 9.17) is 0 Å². The van der Waals surface area contributed by atoms with Crippen LogP contribution in [0.4, 0.5) is 0 Å². The zero-order chi connectivity index (χ0) is 54.3. The summed E-state index contributed by atoms with van der Waals surface area (Å²) >= 11 is 0. The molecule has 2 atom stereocenters. The Balaban J connectivity index is 0.000000158. The number of hydrogen-bond donors (Lipinski definition) is 0. The van der Waals surface area contributed by atoms with Gasteiger partial charge in [0.15, 0.2) is 0 Å². The second kappa shape index (κ2) is 18.0. The fourth-order valence-corrected chi connectivity index (χ4v) is 13.6. The van der Waals surface area contributed by atoms with Crippen molar-refractivity contribution in [2.45, 2.75) is 79.1 Å². The summed E-state index contributed by atoms with van der Waals surface area (Å²) in [5.74, 6) is -1.63. The third kappa shape index (κ3) is 6.64. The number of carbonyl (C=O) groups excluding carboxylic acids is 8. The first-order valence-corrected chi connectivity index (χ1v) is 27.5. The van der Waals surface area contributed by atoms with E-state index in [1.807, 2.05) is 72.8 Å². The number of hydrogen-bond acceptors (Lipinski definition) is 8. The van der Waals surface area contributed by atoms with Crippen LogP contribution < -0.4 is 0 Å². The fourth-order valence-electron chi connectivity index (χ4n) is 13.6. The minimum absolute atomic E-state index is 0.229. The third-order valence-electron chi connectivity index (χ3n) is 17.8. The van der Waals surface area contributed by atoms with Gasteiger partial charge in [-0.2, -0.15) is 0 Å². The van der Waals surface area contributed by atoms with Crippen molar-refractivity contribution in [2.75, 3.05) is 27.2 Å². The molecule has 0 aromatic heterocycles. The lowest BCUT2D eigenvalue weighted by Crippen LogP contribution is -2.43. The Kier molecular flexibility index (Phi) is 11.3. The molecule has 388 valence electrons. The van der Waals surface area contributed by atoms with Crippen molar-refractivity contribution in [3.8, 4) is 0 Å². The molecule has 14 rings (SSSR count). The minimum atomic E-state index is -0.318. The summed E-state index contributed by atoms with van der Waals surface area (Å²) < 4.78 is 0. The van der Waals surface area contributed by atoms with Gasteiger partial charge in [0, 0.05) is 93.2 Å². The van der Waals surface area contributed by atoms with Crippen LogP contribution in [0.1, 0.15) is 162 Å². The standard InChI is InChI=1S/C40H42N2O4.C26H14N2O4/c1-5-9-11-23(7-3)21-41-37(43)29-17-13-25-27-15-19-31-36-32(40(46)42(39(31)45)22-24(8-4)12-10-6-2)20-16-28(34(27)36)26-14-18-30(38(41)44)35(29)33(25)26;1-27-23(29)15-7-3-11-13-5-9-17-22-18(26(32)28(2)25(17)31)10-6-14(20(13)22)12-4-8-16(24(27)30)21(15)19(11)12/h13-20,23-24H,5-12,21-22H2,1-4H3;3-10H,1-2H3. The molecule has 0 aliphatic carbocycles. The number of nitrogens with zero attached hydrogens (tertiary/aromatic N) is 4. The summed E-state index contributed by atoms with van der Waals surface area (Å²) in [5, 5.41) is 13.5. The molecule has 0 N–H and O–H groups in total. The van der Waals surface area contributed by atoms with Gasteiger partial charge in [0.05, 0.1) is 0 Å². The molecule has 4 aliphatic heterocycles. The van der Waals surface area contributed by atoms with Crippen LogP contribution in [0.5, 0.6) is 0 Å². The van der Waals surface area contributed by atoms with Gasteiger partial charge in [-0.05, 0) is 138 Å². The first-order valence-electron chi connectivity index (χ1n) is 27.5. The highest BCUT2D eigenvalue weighted by Crippen LogP contribution is 2.48. The maximum absolute atomic E-state index is 13.9. The molecule has 0 spiro atoms. The molecule has 4 heterocycles. The predicted molar refractivity (Wildman–Crippen MR) is 305 cm³/mol. The number of imide groups is 4. The maximum atomic E-state index is 13.9. The van der Waals surface area contributed by atoms with Crippen LogP contribution in [-0.4, -0.2) is 94.0 Å². The number of rotatable bonds is 12. The number of unbranched alkanes of at least 4 members (excludes halogenated alkanes) is 2. The molecule has 0 saturated carbocycles. The molecule has 4 aliphatic rings. The van der Waals surface area contributed by atoms with E-state index in [0.29, 0.717) is 79.1 Å². The number of amides is 8. The van der Waals surface area contributed by atoms with Gasteiger partial charge >= 0.3 is 0 Å². The largest absolute Gasteiger partial charge is 0.277 e. The Bertz CT molecular complexity index is 3880. The van der Waals surface area contributed by atoms with Crippen LogP contribution in [0, 0.1) is 11.8 Å². The van der Waals surface area contributed by atoms with E-state index < -0.39 is 0 Å². The van der Waals surface area contributed by atoms with Gasteiger partial charge in [0.2, 0.25) is 0 Å². The van der Waals surface area contributed by atoms with Crippen LogP contribution in [0.25, 0.3) is 86.2 Å². The van der Waals surface area contributed by atoms with Gasteiger partial charge in [-0.3, -0.25) is 58.0 Å². The lowest BCUT2D eigenvalue weighted by molar-refractivity contribution is 0.0565. The molecule has 0 bridgehead atoms. The number of benzene rings is 10. The summed E-state index contributed by atoms with van der Waals surface area (Å²) in [6.07, 6.45) is 8.16. The van der Waals surface area contributed by atoms with E-state index in [1.54, 1.807) is 24.3 Å². The van der Waals surface area contributed by atoms with E-state index in [9.17, 15) is 38.4 Å². The molecule has 2 unspecified atom stereocenters. The molecule has 10 aromatic carbocycles. The molecule has 0 fully saturated rings. The minimum Gasteiger partial charge on any atom is -0.277 e. The maximum Gasteiger partial charge on any atom is 0.261 e. The summed E-state index contributed by atoms with van der Waals surface area (Å²) in [6, 6.07) is 30.0. The van der Waals surface area contributed by atoms with Crippen molar-refractivity contribution in [3.05, 3.63) is 142 Å². The summed E-state index contributed by atoms with van der Waals surface area (Å²) in [5.41, 5.74) is 4.25. The van der Waals surface area contributed by atoms with Crippen LogP contribution in [0.2, 0.25) is 0 Å². The van der Waals surface area contributed by atoms with Crippen molar-refractivity contribution in [2.24, 2.45) is 11.8 Å². The van der Waals surface area contributed by atoms with E-state index in [2.05, 4.69) is 27.7 Å². The van der Waals surface area contributed by atoms with Crippen molar-refractivity contribution in [1.82, 2.24) is 19.6 Å². The lowest BCUT2D eigenvalue weighted by Gasteiger charge is -2.32. The Morgan fingerprint density at radius 1 is 0.295 bits per heavy atom. The van der Waals surface area contributed by atoms with Crippen LogP contribution in [0.3, 0.4) is 0 Å². The quantitative estimate of drug-likeness (QED) is 0.0667. The molecule has 0 radical (unpaired) electrons. The van der Waals surface area contributed by atoms with Gasteiger partial charge in [0.25, 0.3) is 47.3 Å². The summed E-state index contributed by atoms with van der Waals surface area (Å²) in [7, 11) is 2.99. The van der Waals surface area contributed by atoms with Gasteiger partial charge in [-0.25, -0.2) is 0 Å². The highest BCUT2D eigenvalue weighted by molar-refractivity contribution is 6.43. The molecule has 12 heteroatoms. The normalized spacial score (nSPS) is 16.1. The molecular formula is C66H56N4O8. The zero-order valence-electron chi connectivity index (χ0n) is 44.5. The molecule has 10 aromatic rings. The Morgan fingerprint density at radius 3 is 0.692 bits per heavy atom. The van der Waals surface area contributed by atoms with E-state index in [0.717, 1.165) is 126 Å². The first-order chi connectivity index (χ1) is 37.7. The lowest BCUT2D eigenvalue weighted by atomic mass is 9.82. The average Bonchev–Trinajstić information content (AvgIpc) is 3.27. The van der Waals surface area contributed by atoms with Gasteiger partial charge < -0.3 is 0 Å². The first kappa shape index (κ1) is 49.0. The van der Waals surface area contributed by atoms with Gasteiger partial charge in [0.1, 0.15) is 0 Å². The van der Waals surface area contributed by atoms with Crippen molar-refractivity contribution in [3.63, 3.8) is 0 Å². The second-order valence-electron chi connectivity index (χ2n) is 21.9. The van der Waals surface area contributed by atoms with Crippen LogP contribution in [0.15, 0.2) is 97.1 Å². The van der Waals surface area contributed by atoms with Gasteiger partial charge in [-0.15, -0.1) is 0 Å². The third-order valence-corrected chi connectivity index (χ3v) is 17.8. The molecule has 78 heavy (non-hydrogen) atoms. The Hall–Kier alpha value is -8.64. The second-order valence-corrected chi connectivity index (χ2v) is 21.9.